The molecule has 4 nitrogen and oxygen atoms in total. The van der Waals surface area contributed by atoms with E-state index >= 15 is 0 Å². The van der Waals surface area contributed by atoms with E-state index in [1.807, 2.05) is 0 Å². The third kappa shape index (κ3) is 12.3. The van der Waals surface area contributed by atoms with Gasteiger partial charge in [0.25, 0.3) is 0 Å². The number of hydrogen-bond acceptors (Lipinski definition) is 4. The highest BCUT2D eigenvalue weighted by Gasteiger charge is 2.26. The second-order valence-electron chi connectivity index (χ2n) is 16.4. The predicted molar refractivity (Wildman–Crippen MR) is 212 cm³/mol. The van der Waals surface area contributed by atoms with Crippen LogP contribution in [0.5, 0.6) is 11.5 Å². The lowest BCUT2D eigenvalue weighted by Gasteiger charge is -2.30. The zero-order valence-corrected chi connectivity index (χ0v) is 32.4. The van der Waals surface area contributed by atoms with Crippen LogP contribution in [0.15, 0.2) is 48.5 Å². The van der Waals surface area contributed by atoms with Crippen molar-refractivity contribution in [3.63, 3.8) is 0 Å². The highest BCUT2D eigenvalue weighted by molar-refractivity contribution is 5.40. The second kappa shape index (κ2) is 21.1. The third-order valence-corrected chi connectivity index (χ3v) is 12.4. The molecule has 6 rings (SSSR count). The molecule has 0 amide bonds. The first kappa shape index (κ1) is 38.8. The van der Waals surface area contributed by atoms with Crippen LogP contribution in [0.25, 0.3) is 0 Å². The Hall–Kier alpha value is -2.92. The Labute approximate surface area is 316 Å². The van der Waals surface area contributed by atoms with Crippen molar-refractivity contribution in [1.29, 1.82) is 0 Å². The molecule has 2 aliphatic carbocycles. The minimum atomic E-state index is -0.127. The Kier molecular flexibility index (Phi) is 15.7. The summed E-state index contributed by atoms with van der Waals surface area (Å²) in [5.41, 5.74) is 2.56. The number of ether oxygens (including phenoxy) is 4. The standard InChI is InChI=1S/C48H66O4/c1-3-11-37-17-21-39(22-18-37)35-43(41-25-29-45(30-26-41)51-47-15-7-9-33-49-47)13-5-6-14-44(36-40-23-19-38(12-4-2)20-24-40)42-27-31-46(32-28-42)52-48-16-8-10-34-50-48/h25-32,37-40,43-44,47-48H,3-4,7-12,15-24,33-36H2,1-2H3. The highest BCUT2D eigenvalue weighted by atomic mass is 16.7. The van der Waals surface area contributed by atoms with E-state index in [1.165, 1.54) is 101 Å². The molecule has 0 radical (unpaired) electrons. The number of hydrogen-bond donors (Lipinski definition) is 0. The summed E-state index contributed by atoms with van der Waals surface area (Å²) in [5, 5.41) is 0. The maximum absolute atomic E-state index is 6.17. The molecule has 282 valence electrons. The van der Waals surface area contributed by atoms with Gasteiger partial charge in [-0.05, 0) is 109 Å². The van der Waals surface area contributed by atoms with Crippen LogP contribution in [0, 0.1) is 47.4 Å². The Morgan fingerprint density at radius 1 is 0.519 bits per heavy atom. The van der Waals surface area contributed by atoms with Gasteiger partial charge in [-0.2, -0.15) is 0 Å². The predicted octanol–water partition coefficient (Wildman–Crippen LogP) is 12.4. The molecule has 0 N–H and O–H groups in total. The number of benzene rings is 2. The topological polar surface area (TPSA) is 36.9 Å². The first-order chi connectivity index (χ1) is 25.6. The van der Waals surface area contributed by atoms with Crippen LogP contribution in [0.4, 0.5) is 0 Å². The van der Waals surface area contributed by atoms with Crippen LogP contribution in [-0.2, 0) is 9.47 Å². The van der Waals surface area contributed by atoms with E-state index in [9.17, 15) is 0 Å². The smallest absolute Gasteiger partial charge is 0.199 e. The molecule has 2 heterocycles. The monoisotopic (exact) mass is 706 g/mol. The first-order valence-electron chi connectivity index (χ1n) is 21.4. The average Bonchev–Trinajstić information content (AvgIpc) is 3.19. The van der Waals surface area contributed by atoms with Gasteiger partial charge in [-0.1, -0.05) is 127 Å². The van der Waals surface area contributed by atoms with Gasteiger partial charge in [-0.3, -0.25) is 0 Å². The van der Waals surface area contributed by atoms with Gasteiger partial charge in [-0.15, -0.1) is 0 Å². The maximum Gasteiger partial charge on any atom is 0.199 e. The molecule has 4 atom stereocenters. The summed E-state index contributed by atoms with van der Waals surface area (Å²) in [7, 11) is 0. The molecular formula is C48H66O4. The van der Waals surface area contributed by atoms with Crippen molar-refractivity contribution in [3.05, 3.63) is 59.7 Å². The molecule has 2 saturated carbocycles. The zero-order valence-electron chi connectivity index (χ0n) is 32.4. The molecule has 0 spiro atoms. The van der Waals surface area contributed by atoms with Gasteiger partial charge in [0.05, 0.1) is 13.2 Å². The van der Waals surface area contributed by atoms with Gasteiger partial charge in [0, 0.05) is 24.7 Å². The Balaban J connectivity index is 1.17. The van der Waals surface area contributed by atoms with E-state index < -0.39 is 0 Å². The van der Waals surface area contributed by atoms with Gasteiger partial charge in [-0.25, -0.2) is 0 Å². The van der Waals surface area contributed by atoms with Crippen molar-refractivity contribution >= 4 is 0 Å². The van der Waals surface area contributed by atoms with Gasteiger partial charge in [0.1, 0.15) is 11.5 Å². The zero-order chi connectivity index (χ0) is 35.8. The first-order valence-corrected chi connectivity index (χ1v) is 21.4. The molecule has 0 bridgehead atoms. The van der Waals surface area contributed by atoms with Gasteiger partial charge in [0.2, 0.25) is 0 Å². The maximum atomic E-state index is 6.17. The summed E-state index contributed by atoms with van der Waals surface area (Å²) < 4.78 is 24.0. The lowest BCUT2D eigenvalue weighted by atomic mass is 9.75. The van der Waals surface area contributed by atoms with E-state index in [2.05, 4.69) is 86.1 Å². The fraction of sp³-hybridized carbons (Fsp3) is 0.667. The summed E-state index contributed by atoms with van der Waals surface area (Å²) in [6, 6.07) is 17.4. The fourth-order valence-corrected chi connectivity index (χ4v) is 9.27. The molecule has 4 fully saturated rings. The summed E-state index contributed by atoms with van der Waals surface area (Å²) in [6.07, 6.45) is 24.6. The van der Waals surface area contributed by atoms with E-state index in [0.717, 1.165) is 86.9 Å². The lowest BCUT2D eigenvalue weighted by molar-refractivity contribution is -0.106. The van der Waals surface area contributed by atoms with Crippen molar-refractivity contribution in [2.75, 3.05) is 13.2 Å². The van der Waals surface area contributed by atoms with Gasteiger partial charge < -0.3 is 18.9 Å². The van der Waals surface area contributed by atoms with E-state index in [-0.39, 0.29) is 24.4 Å². The molecular weight excluding hydrogens is 641 g/mol. The van der Waals surface area contributed by atoms with Crippen molar-refractivity contribution in [2.24, 2.45) is 23.7 Å². The Bertz CT molecular complexity index is 1300. The fourth-order valence-electron chi connectivity index (χ4n) is 9.27. The molecule has 2 aliphatic heterocycles. The van der Waals surface area contributed by atoms with Crippen molar-refractivity contribution in [3.8, 4) is 35.2 Å². The minimum absolute atomic E-state index is 0.127. The third-order valence-electron chi connectivity index (χ3n) is 12.4. The van der Waals surface area contributed by atoms with Crippen molar-refractivity contribution in [2.45, 2.75) is 167 Å². The van der Waals surface area contributed by atoms with Crippen LogP contribution < -0.4 is 9.47 Å². The molecule has 0 aromatic heterocycles. The highest BCUT2D eigenvalue weighted by Crippen LogP contribution is 2.39. The largest absolute Gasteiger partial charge is 0.465 e. The summed E-state index contributed by atoms with van der Waals surface area (Å²) >= 11 is 0. The minimum Gasteiger partial charge on any atom is -0.465 e. The quantitative estimate of drug-likeness (QED) is 0.183. The summed E-state index contributed by atoms with van der Waals surface area (Å²) in [6.45, 7) is 6.23. The van der Waals surface area contributed by atoms with Crippen LogP contribution in [0.1, 0.15) is 165 Å². The Morgan fingerprint density at radius 3 is 1.25 bits per heavy atom. The van der Waals surface area contributed by atoms with Gasteiger partial charge >= 0.3 is 0 Å². The van der Waals surface area contributed by atoms with Crippen molar-refractivity contribution in [1.82, 2.24) is 0 Å². The normalized spacial score (nSPS) is 27.6. The van der Waals surface area contributed by atoms with Crippen LogP contribution in [0.2, 0.25) is 0 Å². The summed E-state index contributed by atoms with van der Waals surface area (Å²) in [4.78, 5) is 0. The van der Waals surface area contributed by atoms with Crippen LogP contribution in [0.3, 0.4) is 0 Å². The molecule has 4 aliphatic rings. The summed E-state index contributed by atoms with van der Waals surface area (Å²) in [5.74, 6) is 19.6. The van der Waals surface area contributed by atoms with Crippen LogP contribution >= 0.6 is 0 Å². The van der Waals surface area contributed by atoms with E-state index in [4.69, 9.17) is 18.9 Å². The number of rotatable bonds is 14. The van der Waals surface area contributed by atoms with Gasteiger partial charge in [0.15, 0.2) is 12.6 Å². The molecule has 2 aromatic carbocycles. The average molecular weight is 707 g/mol. The molecule has 4 unspecified atom stereocenters. The molecule has 52 heavy (non-hydrogen) atoms. The van der Waals surface area contributed by atoms with Crippen LogP contribution in [-0.4, -0.2) is 25.8 Å². The Morgan fingerprint density at radius 2 is 0.904 bits per heavy atom. The van der Waals surface area contributed by atoms with Crippen molar-refractivity contribution < 1.29 is 18.9 Å². The SMILES string of the molecule is CCCC1CCC(CC(C#CC#CC(CC2CCC(CCC)CC2)c2ccc(OC3CCCCO3)cc2)c2ccc(OC3CCCCO3)cc2)CC1. The lowest BCUT2D eigenvalue weighted by Crippen LogP contribution is -2.24. The molecule has 2 aromatic rings. The molecule has 2 saturated heterocycles. The second-order valence-corrected chi connectivity index (χ2v) is 16.4. The van der Waals surface area contributed by atoms with E-state index in [0.29, 0.717) is 0 Å². The molecule has 4 heteroatoms. The van der Waals surface area contributed by atoms with E-state index in [1.54, 1.807) is 0 Å².